The molecule has 0 bridgehead atoms. The number of rotatable bonds is 6. The van der Waals surface area contributed by atoms with Crippen LogP contribution in [0.15, 0.2) is 34.9 Å². The van der Waals surface area contributed by atoms with E-state index in [1.807, 2.05) is 31.3 Å². The molecule has 1 amide bonds. The van der Waals surface area contributed by atoms with Gasteiger partial charge in [0.05, 0.1) is 6.54 Å². The third kappa shape index (κ3) is 5.42. The zero-order valence-electron chi connectivity index (χ0n) is 16.8. The number of hydrogen-bond acceptors (Lipinski definition) is 4. The summed E-state index contributed by atoms with van der Waals surface area (Å²) in [7, 11) is 1.81. The first-order valence-corrected chi connectivity index (χ1v) is 10.0. The summed E-state index contributed by atoms with van der Waals surface area (Å²) in [5.41, 5.74) is 2.73. The lowest BCUT2D eigenvalue weighted by Gasteiger charge is -2.20. The van der Waals surface area contributed by atoms with E-state index in [0.29, 0.717) is 12.5 Å². The highest BCUT2D eigenvalue weighted by atomic mass is 16.5. The molecule has 0 saturated carbocycles. The van der Waals surface area contributed by atoms with Gasteiger partial charge in [0.2, 0.25) is 0 Å². The summed E-state index contributed by atoms with van der Waals surface area (Å²) in [6.45, 7) is 7.81. The Bertz CT molecular complexity index is 746. The van der Waals surface area contributed by atoms with Gasteiger partial charge >= 0.3 is 0 Å². The van der Waals surface area contributed by atoms with Gasteiger partial charge in [-0.1, -0.05) is 44.0 Å². The molecule has 1 aliphatic heterocycles. The van der Waals surface area contributed by atoms with Crippen molar-refractivity contribution in [2.75, 3.05) is 20.1 Å². The SMILES string of the molecule is CC(C)c1cc(CN(C)C(=O)c2cccc(CN3CCCCCC3)c2)no1. The van der Waals surface area contributed by atoms with E-state index in [2.05, 4.69) is 30.0 Å². The smallest absolute Gasteiger partial charge is 0.253 e. The van der Waals surface area contributed by atoms with Gasteiger partial charge in [0.15, 0.2) is 0 Å². The molecule has 5 heteroatoms. The molecule has 2 aromatic rings. The summed E-state index contributed by atoms with van der Waals surface area (Å²) in [6.07, 6.45) is 5.22. The molecule has 0 N–H and O–H groups in total. The van der Waals surface area contributed by atoms with Gasteiger partial charge in [-0.05, 0) is 43.6 Å². The molecule has 1 saturated heterocycles. The molecule has 1 aliphatic rings. The second-order valence-electron chi connectivity index (χ2n) is 7.93. The van der Waals surface area contributed by atoms with Crippen molar-refractivity contribution >= 4 is 5.91 Å². The van der Waals surface area contributed by atoms with Crippen LogP contribution < -0.4 is 0 Å². The molecule has 27 heavy (non-hydrogen) atoms. The first kappa shape index (κ1) is 19.6. The van der Waals surface area contributed by atoms with Gasteiger partial charge in [-0.3, -0.25) is 9.69 Å². The summed E-state index contributed by atoms with van der Waals surface area (Å²) in [5.74, 6) is 1.16. The Morgan fingerprint density at radius 3 is 2.59 bits per heavy atom. The standard InChI is InChI=1S/C22H31N3O2/c1-17(2)21-14-20(23-27-21)16-24(3)22(26)19-10-8-9-18(13-19)15-25-11-6-4-5-7-12-25/h8-10,13-14,17H,4-7,11-12,15-16H2,1-3H3. The van der Waals surface area contributed by atoms with Crippen molar-refractivity contribution < 1.29 is 9.32 Å². The zero-order chi connectivity index (χ0) is 19.2. The van der Waals surface area contributed by atoms with Gasteiger partial charge in [-0.15, -0.1) is 0 Å². The molecule has 0 unspecified atom stereocenters. The number of benzene rings is 1. The molecule has 0 radical (unpaired) electrons. The molecule has 2 heterocycles. The van der Waals surface area contributed by atoms with Crippen LogP contribution >= 0.6 is 0 Å². The molecular weight excluding hydrogens is 338 g/mol. The lowest BCUT2D eigenvalue weighted by Crippen LogP contribution is -2.27. The summed E-state index contributed by atoms with van der Waals surface area (Å²) in [4.78, 5) is 17.0. The Balaban J connectivity index is 1.63. The van der Waals surface area contributed by atoms with Crippen molar-refractivity contribution in [2.45, 2.75) is 58.5 Å². The fourth-order valence-electron chi connectivity index (χ4n) is 3.57. The van der Waals surface area contributed by atoms with Crippen molar-refractivity contribution in [1.82, 2.24) is 15.0 Å². The van der Waals surface area contributed by atoms with Crippen LogP contribution in [0.25, 0.3) is 0 Å². The third-order valence-electron chi connectivity index (χ3n) is 5.17. The number of amides is 1. The topological polar surface area (TPSA) is 49.6 Å². The van der Waals surface area contributed by atoms with Crippen LogP contribution in [-0.4, -0.2) is 41.0 Å². The molecule has 1 aromatic carbocycles. The van der Waals surface area contributed by atoms with Crippen LogP contribution in [0.2, 0.25) is 0 Å². The highest BCUT2D eigenvalue weighted by Crippen LogP contribution is 2.18. The van der Waals surface area contributed by atoms with Crippen LogP contribution in [0.5, 0.6) is 0 Å². The third-order valence-corrected chi connectivity index (χ3v) is 5.17. The van der Waals surface area contributed by atoms with Gasteiger partial charge in [0.25, 0.3) is 5.91 Å². The van der Waals surface area contributed by atoms with Gasteiger partial charge in [0.1, 0.15) is 11.5 Å². The molecule has 0 spiro atoms. The van der Waals surface area contributed by atoms with Crippen LogP contribution in [0.3, 0.4) is 0 Å². The first-order valence-electron chi connectivity index (χ1n) is 10.0. The average molecular weight is 370 g/mol. The van der Waals surface area contributed by atoms with Crippen molar-refractivity contribution in [1.29, 1.82) is 0 Å². The number of carbonyl (C=O) groups is 1. The second-order valence-corrected chi connectivity index (χ2v) is 7.93. The fraction of sp³-hybridized carbons (Fsp3) is 0.545. The summed E-state index contributed by atoms with van der Waals surface area (Å²) in [6, 6.07) is 9.97. The number of likely N-dealkylation sites (tertiary alicyclic amines) is 1. The molecule has 0 aliphatic carbocycles. The Morgan fingerprint density at radius 1 is 1.19 bits per heavy atom. The highest BCUT2D eigenvalue weighted by Gasteiger charge is 2.16. The quantitative estimate of drug-likeness (QED) is 0.755. The number of nitrogens with zero attached hydrogens (tertiary/aromatic N) is 3. The first-order chi connectivity index (χ1) is 13.0. The van der Waals surface area contributed by atoms with E-state index >= 15 is 0 Å². The average Bonchev–Trinajstić information content (AvgIpc) is 2.98. The van der Waals surface area contributed by atoms with Gasteiger partial charge < -0.3 is 9.42 Å². The van der Waals surface area contributed by atoms with E-state index in [0.717, 1.165) is 36.7 Å². The number of carbonyl (C=O) groups excluding carboxylic acids is 1. The van der Waals surface area contributed by atoms with Crippen LogP contribution in [0.4, 0.5) is 0 Å². The molecule has 5 nitrogen and oxygen atoms in total. The minimum Gasteiger partial charge on any atom is -0.361 e. The molecule has 1 fully saturated rings. The normalized spacial score (nSPS) is 15.7. The van der Waals surface area contributed by atoms with Crippen molar-refractivity contribution in [3.8, 4) is 0 Å². The largest absolute Gasteiger partial charge is 0.361 e. The van der Waals surface area contributed by atoms with Crippen LogP contribution in [0, 0.1) is 0 Å². The van der Waals surface area contributed by atoms with Crippen LogP contribution in [-0.2, 0) is 13.1 Å². The van der Waals surface area contributed by atoms with Crippen molar-refractivity contribution in [2.24, 2.45) is 0 Å². The molecule has 146 valence electrons. The maximum Gasteiger partial charge on any atom is 0.253 e. The summed E-state index contributed by atoms with van der Waals surface area (Å²) < 4.78 is 5.33. The van der Waals surface area contributed by atoms with E-state index in [4.69, 9.17) is 4.52 Å². The van der Waals surface area contributed by atoms with Gasteiger partial charge in [-0.25, -0.2) is 0 Å². The second kappa shape index (κ2) is 9.18. The minimum atomic E-state index is 0.0156. The molecular formula is C22H31N3O2. The number of aromatic nitrogens is 1. The van der Waals surface area contributed by atoms with Gasteiger partial charge in [-0.2, -0.15) is 0 Å². The van der Waals surface area contributed by atoms with E-state index in [1.54, 1.807) is 4.90 Å². The minimum absolute atomic E-state index is 0.0156. The Kier molecular flexibility index (Phi) is 6.67. The maximum absolute atomic E-state index is 12.8. The zero-order valence-corrected chi connectivity index (χ0v) is 16.8. The maximum atomic E-state index is 12.8. The highest BCUT2D eigenvalue weighted by molar-refractivity contribution is 5.94. The predicted molar refractivity (Wildman–Crippen MR) is 107 cm³/mol. The Morgan fingerprint density at radius 2 is 1.93 bits per heavy atom. The van der Waals surface area contributed by atoms with Crippen molar-refractivity contribution in [3.63, 3.8) is 0 Å². The fourth-order valence-corrected chi connectivity index (χ4v) is 3.57. The Hall–Kier alpha value is -2.14. The molecule has 3 rings (SSSR count). The molecule has 1 aromatic heterocycles. The Labute approximate surface area is 162 Å². The lowest BCUT2D eigenvalue weighted by atomic mass is 10.1. The molecule has 0 atom stereocenters. The van der Waals surface area contributed by atoms with E-state index in [9.17, 15) is 4.79 Å². The summed E-state index contributed by atoms with van der Waals surface area (Å²) in [5, 5.41) is 4.08. The monoisotopic (exact) mass is 369 g/mol. The lowest BCUT2D eigenvalue weighted by molar-refractivity contribution is 0.0782. The summed E-state index contributed by atoms with van der Waals surface area (Å²) >= 11 is 0. The number of hydrogen-bond donors (Lipinski definition) is 0. The van der Waals surface area contributed by atoms with E-state index in [-0.39, 0.29) is 5.91 Å². The van der Waals surface area contributed by atoms with Crippen LogP contribution in [0.1, 0.15) is 72.8 Å². The van der Waals surface area contributed by atoms with Gasteiger partial charge in [0, 0.05) is 31.1 Å². The van der Waals surface area contributed by atoms with E-state index < -0.39 is 0 Å². The van der Waals surface area contributed by atoms with Crippen molar-refractivity contribution in [3.05, 3.63) is 52.9 Å². The predicted octanol–water partition coefficient (Wildman–Crippen LogP) is 4.45. The van der Waals surface area contributed by atoms with E-state index in [1.165, 1.54) is 31.2 Å².